The molecule has 0 spiro atoms. The molecule has 1 aromatic heterocycles. The number of anilines is 1. The maximum Gasteiger partial charge on any atom is 0.179 e. The molecule has 0 aliphatic heterocycles. The molecule has 0 aliphatic rings. The largest absolute Gasteiger partial charge is 0.385 e. The Morgan fingerprint density at radius 2 is 2.29 bits per heavy atom. The Bertz CT molecular complexity index is 656. The van der Waals surface area contributed by atoms with Crippen LogP contribution in [0.4, 0.5) is 11.4 Å². The molecule has 24 heavy (non-hydrogen) atoms. The summed E-state index contributed by atoms with van der Waals surface area (Å²) in [6.07, 6.45) is 5.79. The van der Waals surface area contributed by atoms with Crippen molar-refractivity contribution < 1.29 is 9.53 Å². The Hall–Kier alpha value is -2.58. The number of benzene rings is 1. The Kier molecular flexibility index (Phi) is 8.95. The van der Waals surface area contributed by atoms with Crippen molar-refractivity contribution in [1.29, 1.82) is 0 Å². The Morgan fingerprint density at radius 1 is 1.54 bits per heavy atom. The minimum absolute atomic E-state index is 0.417. The van der Waals surface area contributed by atoms with Crippen LogP contribution in [0.5, 0.6) is 0 Å². The lowest BCUT2D eigenvalue weighted by Gasteiger charge is -2.12. The number of aliphatic imine (C=N–C) groups is 1. The van der Waals surface area contributed by atoms with Crippen LogP contribution in [-0.4, -0.2) is 48.1 Å². The third kappa shape index (κ3) is 6.27. The first kappa shape index (κ1) is 19.5. The zero-order valence-corrected chi connectivity index (χ0v) is 14.5. The molecule has 0 radical (unpaired) electrons. The van der Waals surface area contributed by atoms with Crippen LogP contribution < -0.4 is 10.6 Å². The van der Waals surface area contributed by atoms with E-state index >= 15 is 0 Å². The zero-order valence-electron chi connectivity index (χ0n) is 13.7. The highest BCUT2D eigenvalue weighted by Crippen LogP contribution is 2.24. The third-order valence-corrected chi connectivity index (χ3v) is 3.23. The number of carbonyl (C=O) groups is 1. The number of rotatable bonds is 6. The lowest BCUT2D eigenvalue weighted by atomic mass is 10.2. The van der Waals surface area contributed by atoms with Gasteiger partial charge in [-0.25, -0.2) is 4.98 Å². The first-order chi connectivity index (χ1) is 11.7. The van der Waals surface area contributed by atoms with Gasteiger partial charge in [-0.1, -0.05) is 0 Å². The fourth-order valence-electron chi connectivity index (χ4n) is 1.59. The van der Waals surface area contributed by atoms with Crippen LogP contribution in [0.25, 0.3) is 0 Å². The summed E-state index contributed by atoms with van der Waals surface area (Å²) in [6.45, 7) is 6.68. The van der Waals surface area contributed by atoms with E-state index in [-0.39, 0.29) is 0 Å². The van der Waals surface area contributed by atoms with E-state index in [1.165, 1.54) is 0 Å². The van der Waals surface area contributed by atoms with E-state index in [0.717, 1.165) is 18.6 Å². The Balaban J connectivity index is 0.000000648. The lowest BCUT2D eigenvalue weighted by Crippen LogP contribution is -2.31. The minimum Gasteiger partial charge on any atom is -0.385 e. The molecule has 128 valence electrons. The van der Waals surface area contributed by atoms with Gasteiger partial charge in [0.25, 0.3) is 0 Å². The molecule has 1 aromatic carbocycles. The van der Waals surface area contributed by atoms with Crippen LogP contribution in [0.2, 0.25) is 0 Å². The summed E-state index contributed by atoms with van der Waals surface area (Å²) in [5.74, 6) is 0. The summed E-state index contributed by atoms with van der Waals surface area (Å²) < 4.78 is 6.24. The number of hydrogen-bond acceptors (Lipinski definition) is 6. The van der Waals surface area contributed by atoms with Gasteiger partial charge in [0.05, 0.1) is 18.0 Å². The Labute approximate surface area is 146 Å². The second kappa shape index (κ2) is 11.0. The number of aromatic nitrogens is 2. The summed E-state index contributed by atoms with van der Waals surface area (Å²) in [5.41, 5.74) is 1.94. The summed E-state index contributed by atoms with van der Waals surface area (Å²) >= 11 is 5.18. The number of thiocarbonyl (C=S) groups is 1. The molecule has 0 amide bonds. The van der Waals surface area contributed by atoms with Crippen LogP contribution in [-0.2, 0) is 4.74 Å². The average molecular weight is 347 g/mol. The first-order valence-corrected chi connectivity index (χ1v) is 7.62. The maximum atomic E-state index is 10.7. The lowest BCUT2D eigenvalue weighted by molar-refractivity contribution is 0.112. The van der Waals surface area contributed by atoms with Gasteiger partial charge in [0, 0.05) is 31.7 Å². The molecule has 0 aliphatic carbocycles. The highest BCUT2D eigenvalue weighted by molar-refractivity contribution is 7.80. The molecule has 2 aromatic rings. The van der Waals surface area contributed by atoms with Gasteiger partial charge in [-0.15, -0.1) is 0 Å². The van der Waals surface area contributed by atoms with Crippen molar-refractivity contribution in [1.82, 2.24) is 14.9 Å². The molecule has 2 N–H and O–H groups in total. The zero-order chi connectivity index (χ0) is 17.8. The second-order valence-corrected chi connectivity index (χ2v) is 4.82. The van der Waals surface area contributed by atoms with Gasteiger partial charge < -0.3 is 15.4 Å². The topological polar surface area (TPSA) is 80.5 Å². The van der Waals surface area contributed by atoms with Crippen molar-refractivity contribution in [2.45, 2.75) is 6.92 Å². The molecular weight excluding hydrogens is 326 g/mol. The van der Waals surface area contributed by atoms with E-state index in [1.807, 2.05) is 6.92 Å². The molecule has 7 nitrogen and oxygen atoms in total. The van der Waals surface area contributed by atoms with Gasteiger partial charge in [-0.2, -0.15) is 0 Å². The molecule has 0 unspecified atom stereocenters. The number of aldehydes is 1. The molecule has 1 heterocycles. The molecule has 0 bridgehead atoms. The predicted octanol–water partition coefficient (Wildman–Crippen LogP) is 2.47. The van der Waals surface area contributed by atoms with Crippen LogP contribution in [0.15, 0.2) is 41.9 Å². The van der Waals surface area contributed by atoms with E-state index in [1.54, 1.807) is 48.6 Å². The number of ether oxygens (including phenoxy) is 1. The van der Waals surface area contributed by atoms with Gasteiger partial charge in [0.1, 0.15) is 12.6 Å². The fourth-order valence-corrected chi connectivity index (χ4v) is 1.77. The summed E-state index contributed by atoms with van der Waals surface area (Å²) in [6, 6.07) is 5.14. The third-order valence-electron chi connectivity index (χ3n) is 2.87. The normalized spacial score (nSPS) is 9.42. The van der Waals surface area contributed by atoms with Crippen molar-refractivity contribution in [3.63, 3.8) is 0 Å². The highest BCUT2D eigenvalue weighted by atomic mass is 32.1. The highest BCUT2D eigenvalue weighted by Gasteiger charge is 2.02. The number of carbonyl (C=O) groups excluding carboxylic acids is 1. The molecule has 8 heteroatoms. The SMILES string of the molecule is C=Nc1cc(C=O)ccc1NCNC(=S)n1ccnc1.CCOC. The maximum absolute atomic E-state index is 10.7. The molecule has 2 rings (SSSR count). The first-order valence-electron chi connectivity index (χ1n) is 7.21. The molecule has 0 fully saturated rings. The van der Waals surface area contributed by atoms with E-state index in [9.17, 15) is 4.79 Å². The van der Waals surface area contributed by atoms with E-state index < -0.39 is 0 Å². The van der Waals surface area contributed by atoms with E-state index in [2.05, 4.69) is 32.1 Å². The monoisotopic (exact) mass is 347 g/mol. The summed E-state index contributed by atoms with van der Waals surface area (Å²) in [4.78, 5) is 18.5. The predicted molar refractivity (Wildman–Crippen MR) is 100 cm³/mol. The Morgan fingerprint density at radius 3 is 2.83 bits per heavy atom. The van der Waals surface area contributed by atoms with Gasteiger partial charge in [-0.05, 0) is 44.1 Å². The number of methoxy groups -OCH3 is 1. The quantitative estimate of drug-likeness (QED) is 0.362. The smallest absolute Gasteiger partial charge is 0.179 e. The van der Waals surface area contributed by atoms with Crippen LogP contribution in [0, 0.1) is 0 Å². The molecule has 0 saturated heterocycles. The van der Waals surface area contributed by atoms with Crippen molar-refractivity contribution in [2.24, 2.45) is 4.99 Å². The van der Waals surface area contributed by atoms with Crippen molar-refractivity contribution in [2.75, 3.05) is 25.7 Å². The number of imidazole rings is 1. The number of nitrogens with one attached hydrogen (secondary N) is 2. The van der Waals surface area contributed by atoms with Crippen molar-refractivity contribution in [3.05, 3.63) is 42.5 Å². The van der Waals surface area contributed by atoms with E-state index in [0.29, 0.717) is 23.0 Å². The van der Waals surface area contributed by atoms with E-state index in [4.69, 9.17) is 12.2 Å². The average Bonchev–Trinajstić information content (AvgIpc) is 3.16. The number of hydrogen-bond donors (Lipinski definition) is 2. The van der Waals surface area contributed by atoms with Gasteiger partial charge in [0.15, 0.2) is 5.11 Å². The fraction of sp³-hybridized carbons (Fsp3) is 0.250. The van der Waals surface area contributed by atoms with Gasteiger partial charge >= 0.3 is 0 Å². The summed E-state index contributed by atoms with van der Waals surface area (Å²) in [5, 5.41) is 6.69. The second-order valence-electron chi connectivity index (χ2n) is 4.44. The van der Waals surface area contributed by atoms with Crippen molar-refractivity contribution >= 4 is 41.7 Å². The molecule has 0 atom stereocenters. The van der Waals surface area contributed by atoms with Crippen molar-refractivity contribution in [3.8, 4) is 0 Å². The van der Waals surface area contributed by atoms with Gasteiger partial charge in [0.2, 0.25) is 0 Å². The standard InChI is InChI=1S/C13H13N5OS.C3H8O/c1-14-12-6-10(7-19)2-3-11(12)16-8-17-13(20)18-5-4-15-9-18;1-3-4-2/h2-7,9,16H,1,8H2,(H,17,20);3H2,1-2H3. The van der Waals surface area contributed by atoms with Gasteiger partial charge in [-0.3, -0.25) is 14.4 Å². The van der Waals surface area contributed by atoms with Crippen LogP contribution in [0.3, 0.4) is 0 Å². The minimum atomic E-state index is 0.417. The summed E-state index contributed by atoms with van der Waals surface area (Å²) in [7, 11) is 1.68. The molecular formula is C16H21N5O2S. The molecule has 0 saturated carbocycles. The van der Waals surface area contributed by atoms with Crippen LogP contribution in [0.1, 0.15) is 17.3 Å². The van der Waals surface area contributed by atoms with Crippen LogP contribution >= 0.6 is 12.2 Å². The number of nitrogens with zero attached hydrogens (tertiary/aromatic N) is 3.